The summed E-state index contributed by atoms with van der Waals surface area (Å²) in [4.78, 5) is 10.9. The van der Waals surface area contributed by atoms with E-state index in [4.69, 9.17) is 0 Å². The van der Waals surface area contributed by atoms with Crippen molar-refractivity contribution in [1.29, 1.82) is 0 Å². The normalized spacial score (nSPS) is 28.7. The highest BCUT2D eigenvalue weighted by Crippen LogP contribution is 2.48. The molecule has 0 aromatic heterocycles. The maximum Gasteiger partial charge on any atom is 0.385 e. The molecule has 0 unspecified atom stereocenters. The Kier molecular flexibility index (Phi) is 3.71. The van der Waals surface area contributed by atoms with Crippen LogP contribution in [-0.2, 0) is 16.0 Å². The van der Waals surface area contributed by atoms with Crippen molar-refractivity contribution in [3.8, 4) is 0 Å². The summed E-state index contributed by atoms with van der Waals surface area (Å²) < 4.78 is 70.0. The molecule has 0 radical (unpaired) electrons. The lowest BCUT2D eigenvalue weighted by molar-refractivity contribution is -0.188. The second-order valence-corrected chi connectivity index (χ2v) is 4.56. The summed E-state index contributed by atoms with van der Waals surface area (Å²) in [5, 5.41) is 0. The summed E-state index contributed by atoms with van der Waals surface area (Å²) in [7, 11) is 0. The number of esters is 1. The Labute approximate surface area is 111 Å². The molecule has 2 rings (SSSR count). The van der Waals surface area contributed by atoms with E-state index in [9.17, 15) is 26.7 Å². The van der Waals surface area contributed by atoms with Crippen molar-refractivity contribution in [1.82, 2.24) is 0 Å². The van der Waals surface area contributed by atoms with Crippen LogP contribution in [0.5, 0.6) is 0 Å². The Bertz CT molecular complexity index is 491. The fourth-order valence-corrected chi connectivity index (χ4v) is 2.14. The van der Waals surface area contributed by atoms with E-state index in [-0.39, 0.29) is 6.42 Å². The standard InChI is InChI=1S/C13H11F5O2/c14-10(15)12(16)9(20-11(19)13(12,17)18)7-6-8-4-2-1-3-5-8/h1-5,9-10H,6-7H2/t9-,12-/m1/s1. The van der Waals surface area contributed by atoms with Crippen LogP contribution in [0, 0.1) is 0 Å². The molecule has 7 heteroatoms. The summed E-state index contributed by atoms with van der Waals surface area (Å²) >= 11 is 0. The van der Waals surface area contributed by atoms with Crippen LogP contribution in [0.2, 0.25) is 0 Å². The minimum Gasteiger partial charge on any atom is -0.454 e. The quantitative estimate of drug-likeness (QED) is 0.630. The number of rotatable bonds is 4. The van der Waals surface area contributed by atoms with Gasteiger partial charge in [-0.25, -0.2) is 18.0 Å². The van der Waals surface area contributed by atoms with Gasteiger partial charge in [0.25, 0.3) is 12.1 Å². The van der Waals surface area contributed by atoms with Gasteiger partial charge in [-0.15, -0.1) is 0 Å². The predicted octanol–water partition coefficient (Wildman–Crippen LogP) is 3.15. The van der Waals surface area contributed by atoms with Crippen molar-refractivity contribution in [3.05, 3.63) is 35.9 Å². The predicted molar refractivity (Wildman–Crippen MR) is 59.4 cm³/mol. The average Bonchev–Trinajstić information content (AvgIpc) is 2.59. The summed E-state index contributed by atoms with van der Waals surface area (Å²) in [6, 6.07) is 8.32. The summed E-state index contributed by atoms with van der Waals surface area (Å²) in [6.07, 6.45) is -6.56. The highest BCUT2D eigenvalue weighted by Gasteiger charge is 2.76. The molecule has 110 valence electrons. The van der Waals surface area contributed by atoms with Crippen molar-refractivity contribution in [2.75, 3.05) is 0 Å². The van der Waals surface area contributed by atoms with Gasteiger partial charge in [-0.2, -0.15) is 8.78 Å². The maximum absolute atomic E-state index is 14.0. The molecule has 1 fully saturated rings. The molecule has 2 atom stereocenters. The number of carbonyl (C=O) groups excluding carboxylic acids is 1. The summed E-state index contributed by atoms with van der Waals surface area (Å²) in [5.41, 5.74) is -3.63. The zero-order valence-corrected chi connectivity index (χ0v) is 10.2. The zero-order chi connectivity index (χ0) is 15.0. The van der Waals surface area contributed by atoms with E-state index in [1.807, 2.05) is 0 Å². The Morgan fingerprint density at radius 2 is 1.75 bits per heavy atom. The highest BCUT2D eigenvalue weighted by atomic mass is 19.3. The minimum absolute atomic E-state index is 0.0489. The van der Waals surface area contributed by atoms with E-state index in [1.165, 1.54) is 0 Å². The number of aryl methyl sites for hydroxylation is 1. The van der Waals surface area contributed by atoms with E-state index < -0.39 is 36.5 Å². The van der Waals surface area contributed by atoms with E-state index in [1.54, 1.807) is 30.3 Å². The summed E-state index contributed by atoms with van der Waals surface area (Å²) in [6.45, 7) is 0. The minimum atomic E-state index is -4.83. The lowest BCUT2D eigenvalue weighted by Crippen LogP contribution is -2.54. The van der Waals surface area contributed by atoms with Crippen LogP contribution in [-0.4, -0.2) is 30.1 Å². The van der Waals surface area contributed by atoms with Gasteiger partial charge in [0.15, 0.2) is 0 Å². The molecule has 1 aliphatic rings. The number of halogens is 5. The first-order valence-electron chi connectivity index (χ1n) is 5.90. The average molecular weight is 294 g/mol. The first-order valence-corrected chi connectivity index (χ1v) is 5.90. The van der Waals surface area contributed by atoms with Crippen molar-refractivity contribution in [2.45, 2.75) is 37.0 Å². The highest BCUT2D eigenvalue weighted by molar-refractivity contribution is 5.82. The molecule has 1 aromatic rings. The third-order valence-corrected chi connectivity index (χ3v) is 3.31. The molecular formula is C13H11F5O2. The van der Waals surface area contributed by atoms with Crippen LogP contribution < -0.4 is 0 Å². The van der Waals surface area contributed by atoms with Crippen LogP contribution in [0.4, 0.5) is 22.0 Å². The first-order chi connectivity index (χ1) is 9.30. The molecule has 0 amide bonds. The van der Waals surface area contributed by atoms with Crippen LogP contribution in [0.1, 0.15) is 12.0 Å². The van der Waals surface area contributed by atoms with Crippen molar-refractivity contribution in [2.24, 2.45) is 0 Å². The van der Waals surface area contributed by atoms with E-state index in [0.717, 1.165) is 0 Å². The lowest BCUT2D eigenvalue weighted by atomic mass is 9.90. The van der Waals surface area contributed by atoms with E-state index >= 15 is 0 Å². The monoisotopic (exact) mass is 294 g/mol. The molecular weight excluding hydrogens is 283 g/mol. The zero-order valence-electron chi connectivity index (χ0n) is 10.2. The van der Waals surface area contributed by atoms with Crippen LogP contribution >= 0.6 is 0 Å². The molecule has 20 heavy (non-hydrogen) atoms. The van der Waals surface area contributed by atoms with Crippen molar-refractivity contribution < 1.29 is 31.5 Å². The number of cyclic esters (lactones) is 1. The third kappa shape index (κ3) is 2.14. The molecule has 1 heterocycles. The Hall–Kier alpha value is -1.66. The van der Waals surface area contributed by atoms with E-state index in [0.29, 0.717) is 5.56 Å². The van der Waals surface area contributed by atoms with Gasteiger partial charge < -0.3 is 4.74 Å². The number of alkyl halides is 5. The molecule has 1 aromatic carbocycles. The van der Waals surface area contributed by atoms with Gasteiger partial charge >= 0.3 is 11.9 Å². The van der Waals surface area contributed by atoms with Gasteiger partial charge in [0.05, 0.1) is 0 Å². The second kappa shape index (κ2) is 5.03. The molecule has 0 saturated carbocycles. The Morgan fingerprint density at radius 1 is 1.15 bits per heavy atom. The lowest BCUT2D eigenvalue weighted by Gasteiger charge is -2.26. The van der Waals surface area contributed by atoms with Gasteiger partial charge in [0.1, 0.15) is 6.10 Å². The molecule has 0 bridgehead atoms. The fraction of sp³-hybridized carbons (Fsp3) is 0.462. The summed E-state index contributed by atoms with van der Waals surface area (Å²) in [5.74, 6) is -7.07. The topological polar surface area (TPSA) is 26.3 Å². The molecule has 1 saturated heterocycles. The number of benzene rings is 1. The van der Waals surface area contributed by atoms with E-state index in [2.05, 4.69) is 4.74 Å². The molecule has 1 aliphatic heterocycles. The van der Waals surface area contributed by atoms with Gasteiger partial charge in [0.2, 0.25) is 0 Å². The number of hydrogen-bond donors (Lipinski definition) is 0. The molecule has 0 spiro atoms. The second-order valence-electron chi connectivity index (χ2n) is 4.56. The first kappa shape index (κ1) is 14.7. The molecule has 0 N–H and O–H groups in total. The third-order valence-electron chi connectivity index (χ3n) is 3.31. The van der Waals surface area contributed by atoms with Gasteiger partial charge in [-0.05, 0) is 18.4 Å². The van der Waals surface area contributed by atoms with Gasteiger partial charge in [-0.3, -0.25) is 0 Å². The van der Waals surface area contributed by atoms with Crippen LogP contribution in [0.15, 0.2) is 30.3 Å². The Balaban J connectivity index is 2.17. The maximum atomic E-state index is 14.0. The van der Waals surface area contributed by atoms with Crippen LogP contribution in [0.25, 0.3) is 0 Å². The number of hydrogen-bond acceptors (Lipinski definition) is 2. The Morgan fingerprint density at radius 3 is 2.30 bits per heavy atom. The number of ether oxygens (including phenoxy) is 1. The van der Waals surface area contributed by atoms with Crippen LogP contribution in [0.3, 0.4) is 0 Å². The fourth-order valence-electron chi connectivity index (χ4n) is 2.14. The number of carbonyl (C=O) groups is 1. The molecule has 2 nitrogen and oxygen atoms in total. The smallest absolute Gasteiger partial charge is 0.385 e. The van der Waals surface area contributed by atoms with Crippen molar-refractivity contribution in [3.63, 3.8) is 0 Å². The molecule has 0 aliphatic carbocycles. The SMILES string of the molecule is O=C1O[C@H](CCc2ccccc2)[C@@](F)(C(F)F)C1(F)F. The van der Waals surface area contributed by atoms with Gasteiger partial charge in [0, 0.05) is 0 Å². The van der Waals surface area contributed by atoms with Gasteiger partial charge in [-0.1, -0.05) is 30.3 Å². The largest absolute Gasteiger partial charge is 0.454 e. The van der Waals surface area contributed by atoms with Crippen molar-refractivity contribution >= 4 is 5.97 Å².